The Labute approximate surface area is 110 Å². The highest BCUT2D eigenvalue weighted by Gasteiger charge is 2.16. The van der Waals surface area contributed by atoms with Crippen molar-refractivity contribution < 1.29 is 17.6 Å². The Hall–Kier alpha value is -1.93. The monoisotopic (exact) mass is 283 g/mol. The van der Waals surface area contributed by atoms with E-state index in [1.807, 2.05) is 0 Å². The van der Waals surface area contributed by atoms with Gasteiger partial charge in [-0.2, -0.15) is 0 Å². The van der Waals surface area contributed by atoms with Crippen molar-refractivity contribution in [1.82, 2.24) is 14.7 Å². The van der Waals surface area contributed by atoms with E-state index < -0.39 is 10.0 Å². The smallest absolute Gasteiger partial charge is 0.242 e. The van der Waals surface area contributed by atoms with Crippen molar-refractivity contribution in [2.24, 2.45) is 0 Å². The number of aryl methyl sites for hydroxylation is 1. The Bertz CT molecular complexity index is 666. The van der Waals surface area contributed by atoms with Gasteiger partial charge in [-0.15, -0.1) is 0 Å². The maximum Gasteiger partial charge on any atom is 0.242 e. The summed E-state index contributed by atoms with van der Waals surface area (Å²) in [7, 11) is -2.22. The Balaban J connectivity index is 2.16. The number of ether oxygens (including phenoxy) is 1. The van der Waals surface area contributed by atoms with Crippen molar-refractivity contribution >= 4 is 10.0 Å². The largest absolute Gasteiger partial charge is 0.495 e. The first kappa shape index (κ1) is 13.5. The van der Waals surface area contributed by atoms with Crippen molar-refractivity contribution in [3.63, 3.8) is 0 Å². The number of methoxy groups -OCH3 is 1. The summed E-state index contributed by atoms with van der Waals surface area (Å²) in [6.45, 7) is 1.77. The fourth-order valence-corrected chi connectivity index (χ4v) is 2.36. The second-order valence-electron chi connectivity index (χ2n) is 3.75. The van der Waals surface area contributed by atoms with Gasteiger partial charge >= 0.3 is 0 Å². The molecule has 19 heavy (non-hydrogen) atoms. The number of oxazole rings is 1. The molecule has 0 bridgehead atoms. The first-order valence-corrected chi connectivity index (χ1v) is 6.89. The van der Waals surface area contributed by atoms with Crippen LogP contribution in [0.5, 0.6) is 5.75 Å². The second kappa shape index (κ2) is 5.37. The minimum atomic E-state index is -3.67. The van der Waals surface area contributed by atoms with Crippen LogP contribution < -0.4 is 9.46 Å². The third kappa shape index (κ3) is 3.09. The molecule has 0 amide bonds. The van der Waals surface area contributed by atoms with Crippen molar-refractivity contribution in [2.75, 3.05) is 7.11 Å². The molecule has 0 fully saturated rings. The van der Waals surface area contributed by atoms with E-state index in [0.717, 1.165) is 0 Å². The van der Waals surface area contributed by atoms with Gasteiger partial charge in [-0.05, 0) is 6.92 Å². The molecule has 0 aliphatic rings. The van der Waals surface area contributed by atoms with Crippen molar-refractivity contribution in [2.45, 2.75) is 18.4 Å². The fraction of sp³-hybridized carbons (Fsp3) is 0.273. The van der Waals surface area contributed by atoms with Crippen molar-refractivity contribution in [1.29, 1.82) is 0 Å². The zero-order valence-electron chi connectivity index (χ0n) is 10.5. The van der Waals surface area contributed by atoms with Crippen LogP contribution in [0, 0.1) is 6.92 Å². The molecular weight excluding hydrogens is 270 g/mol. The number of sulfonamides is 1. The molecule has 2 heterocycles. The van der Waals surface area contributed by atoms with Gasteiger partial charge in [0.1, 0.15) is 16.4 Å². The van der Waals surface area contributed by atoms with Gasteiger partial charge in [0.15, 0.2) is 6.39 Å². The highest BCUT2D eigenvalue weighted by molar-refractivity contribution is 7.89. The van der Waals surface area contributed by atoms with E-state index >= 15 is 0 Å². The first-order valence-electron chi connectivity index (χ1n) is 5.40. The van der Waals surface area contributed by atoms with Crippen molar-refractivity contribution in [3.05, 3.63) is 36.3 Å². The molecule has 0 aromatic carbocycles. The lowest BCUT2D eigenvalue weighted by Gasteiger charge is -2.06. The molecule has 0 aliphatic heterocycles. The van der Waals surface area contributed by atoms with E-state index in [2.05, 4.69) is 14.7 Å². The predicted octanol–water partition coefficient (Wildman–Crippen LogP) is 0.865. The van der Waals surface area contributed by atoms with Gasteiger partial charge in [0.05, 0.1) is 25.5 Å². The van der Waals surface area contributed by atoms with Crippen LogP contribution in [0.1, 0.15) is 11.5 Å². The molecule has 8 heteroatoms. The van der Waals surface area contributed by atoms with Crippen LogP contribution in [0.15, 0.2) is 34.2 Å². The quantitative estimate of drug-likeness (QED) is 0.874. The van der Waals surface area contributed by atoms with Gasteiger partial charge in [-0.25, -0.2) is 18.1 Å². The first-order chi connectivity index (χ1) is 9.03. The third-order valence-corrected chi connectivity index (χ3v) is 3.87. The number of rotatable bonds is 5. The van der Waals surface area contributed by atoms with E-state index in [1.54, 1.807) is 6.92 Å². The molecule has 0 saturated carbocycles. The Kier molecular flexibility index (Phi) is 3.82. The lowest BCUT2D eigenvalue weighted by Crippen LogP contribution is -2.23. The van der Waals surface area contributed by atoms with Gasteiger partial charge in [-0.1, -0.05) is 0 Å². The molecular formula is C11H13N3O4S. The number of nitrogens with zero attached hydrogens (tertiary/aromatic N) is 2. The van der Waals surface area contributed by atoms with Gasteiger partial charge in [-0.3, -0.25) is 4.98 Å². The molecule has 1 N–H and O–H groups in total. The molecule has 2 rings (SSSR count). The summed E-state index contributed by atoms with van der Waals surface area (Å²) < 4.78 is 36.5. The molecule has 102 valence electrons. The summed E-state index contributed by atoms with van der Waals surface area (Å²) in [5, 5.41) is 0. The molecule has 0 spiro atoms. The van der Waals surface area contributed by atoms with E-state index in [-0.39, 0.29) is 11.4 Å². The summed E-state index contributed by atoms with van der Waals surface area (Å²) in [6, 6.07) is 1.39. The molecule has 0 radical (unpaired) electrons. The van der Waals surface area contributed by atoms with E-state index in [0.29, 0.717) is 17.2 Å². The highest BCUT2D eigenvalue weighted by atomic mass is 32.2. The second-order valence-corrected chi connectivity index (χ2v) is 5.51. The molecule has 0 saturated heterocycles. The molecule has 0 aliphatic carbocycles. The summed E-state index contributed by atoms with van der Waals surface area (Å²) >= 11 is 0. The Morgan fingerprint density at radius 2 is 2.21 bits per heavy atom. The summed E-state index contributed by atoms with van der Waals surface area (Å²) in [6.07, 6.45) is 3.95. The van der Waals surface area contributed by atoms with E-state index in [1.165, 1.54) is 32.0 Å². The van der Waals surface area contributed by atoms with Crippen LogP contribution in [-0.2, 0) is 16.6 Å². The van der Waals surface area contributed by atoms with Crippen LogP contribution in [0.4, 0.5) is 0 Å². The van der Waals surface area contributed by atoms with Gasteiger partial charge in [0, 0.05) is 12.3 Å². The average molecular weight is 283 g/mol. The minimum absolute atomic E-state index is 0.0315. The maximum atomic E-state index is 12.0. The lowest BCUT2D eigenvalue weighted by molar-refractivity contribution is 0.411. The highest BCUT2D eigenvalue weighted by Crippen LogP contribution is 2.15. The molecule has 0 unspecified atom stereocenters. The molecule has 2 aromatic heterocycles. The average Bonchev–Trinajstić information content (AvgIpc) is 2.82. The fourth-order valence-electron chi connectivity index (χ4n) is 1.40. The summed E-state index contributed by atoms with van der Waals surface area (Å²) in [4.78, 5) is 7.72. The zero-order chi connectivity index (χ0) is 13.9. The predicted molar refractivity (Wildman–Crippen MR) is 66.1 cm³/mol. The number of hydrogen-bond acceptors (Lipinski definition) is 6. The number of nitrogens with one attached hydrogen (secondary N) is 1. The van der Waals surface area contributed by atoms with Gasteiger partial charge in [0.25, 0.3) is 0 Å². The SMILES string of the molecule is COc1cncc(S(=O)(=O)NCc2ocnc2C)c1. The molecule has 0 atom stereocenters. The molecule has 2 aromatic rings. The minimum Gasteiger partial charge on any atom is -0.495 e. The van der Waals surface area contributed by atoms with Crippen LogP contribution in [0.2, 0.25) is 0 Å². The maximum absolute atomic E-state index is 12.0. The van der Waals surface area contributed by atoms with E-state index in [4.69, 9.17) is 9.15 Å². The van der Waals surface area contributed by atoms with Crippen molar-refractivity contribution in [3.8, 4) is 5.75 Å². The van der Waals surface area contributed by atoms with Crippen LogP contribution in [0.3, 0.4) is 0 Å². The van der Waals surface area contributed by atoms with Crippen LogP contribution in [0.25, 0.3) is 0 Å². The number of aromatic nitrogens is 2. The van der Waals surface area contributed by atoms with Gasteiger partial charge in [0.2, 0.25) is 10.0 Å². The van der Waals surface area contributed by atoms with Crippen LogP contribution in [-0.4, -0.2) is 25.5 Å². The number of pyridine rings is 1. The standard InChI is InChI=1S/C11H13N3O4S/c1-8-11(18-7-13-8)6-14-19(15,16)10-3-9(17-2)4-12-5-10/h3-5,7,14H,6H2,1-2H3. The topological polar surface area (TPSA) is 94.3 Å². The summed E-state index contributed by atoms with van der Waals surface area (Å²) in [5.74, 6) is 0.846. The van der Waals surface area contributed by atoms with E-state index in [9.17, 15) is 8.42 Å². The lowest BCUT2D eigenvalue weighted by atomic mass is 10.4. The molecule has 7 nitrogen and oxygen atoms in total. The number of hydrogen-bond donors (Lipinski definition) is 1. The third-order valence-electron chi connectivity index (χ3n) is 2.50. The zero-order valence-corrected chi connectivity index (χ0v) is 11.3. The Morgan fingerprint density at radius 3 is 2.84 bits per heavy atom. The van der Waals surface area contributed by atoms with Gasteiger partial charge < -0.3 is 9.15 Å². The summed E-state index contributed by atoms with van der Waals surface area (Å²) in [5.41, 5.74) is 0.645. The van der Waals surface area contributed by atoms with Crippen LogP contribution >= 0.6 is 0 Å². The Morgan fingerprint density at radius 1 is 1.42 bits per heavy atom. The normalized spacial score (nSPS) is 11.5.